The highest BCUT2D eigenvalue weighted by molar-refractivity contribution is 5.72. The van der Waals surface area contributed by atoms with Crippen LogP contribution in [0.1, 0.15) is 11.1 Å². The number of hydrogen-bond acceptors (Lipinski definition) is 3. The molecular weight excluding hydrogens is 276 g/mol. The first-order chi connectivity index (χ1) is 10.0. The van der Waals surface area contributed by atoms with Gasteiger partial charge in [-0.25, -0.2) is 8.78 Å². The van der Waals surface area contributed by atoms with Crippen LogP contribution in [-0.4, -0.2) is 14.2 Å². The molecule has 0 atom stereocenters. The topological polar surface area (TPSA) is 44.5 Å². The standard InChI is InChI=1S/C16H17F2NO2/c1-9-4-5-11(16(18)15(9)17)12-7-14(21-3)13(20-2)6-10(12)8-19/h4-7H,8,19H2,1-3H3. The minimum absolute atomic E-state index is 0.152. The van der Waals surface area contributed by atoms with Crippen LogP contribution in [0.3, 0.4) is 0 Å². The van der Waals surface area contributed by atoms with Gasteiger partial charge in [0.1, 0.15) is 0 Å². The van der Waals surface area contributed by atoms with Gasteiger partial charge in [0, 0.05) is 12.1 Å². The molecule has 0 saturated carbocycles. The molecule has 112 valence electrons. The quantitative estimate of drug-likeness (QED) is 0.939. The highest BCUT2D eigenvalue weighted by atomic mass is 19.2. The predicted molar refractivity (Wildman–Crippen MR) is 77.5 cm³/mol. The molecule has 21 heavy (non-hydrogen) atoms. The molecule has 0 aliphatic carbocycles. The molecular formula is C16H17F2NO2. The van der Waals surface area contributed by atoms with Crippen molar-refractivity contribution in [2.24, 2.45) is 5.73 Å². The average Bonchev–Trinajstić information content (AvgIpc) is 2.51. The van der Waals surface area contributed by atoms with E-state index in [2.05, 4.69) is 0 Å². The molecule has 0 spiro atoms. The summed E-state index contributed by atoms with van der Waals surface area (Å²) in [6.07, 6.45) is 0. The van der Waals surface area contributed by atoms with E-state index in [-0.39, 0.29) is 17.7 Å². The lowest BCUT2D eigenvalue weighted by atomic mass is 9.97. The normalized spacial score (nSPS) is 10.6. The third-order valence-corrected chi connectivity index (χ3v) is 3.39. The number of methoxy groups -OCH3 is 2. The van der Waals surface area contributed by atoms with Crippen LogP contribution in [0.25, 0.3) is 11.1 Å². The molecule has 0 unspecified atom stereocenters. The maximum atomic E-state index is 14.2. The summed E-state index contributed by atoms with van der Waals surface area (Å²) in [6, 6.07) is 6.35. The number of rotatable bonds is 4. The van der Waals surface area contributed by atoms with Crippen molar-refractivity contribution in [3.8, 4) is 22.6 Å². The van der Waals surface area contributed by atoms with E-state index in [0.29, 0.717) is 22.6 Å². The first-order valence-corrected chi connectivity index (χ1v) is 6.43. The average molecular weight is 293 g/mol. The second kappa shape index (κ2) is 6.10. The van der Waals surface area contributed by atoms with Gasteiger partial charge >= 0.3 is 0 Å². The van der Waals surface area contributed by atoms with E-state index in [0.717, 1.165) is 0 Å². The van der Waals surface area contributed by atoms with Crippen molar-refractivity contribution in [2.45, 2.75) is 13.5 Å². The fraction of sp³-hybridized carbons (Fsp3) is 0.250. The Labute approximate surface area is 122 Å². The lowest BCUT2D eigenvalue weighted by molar-refractivity contribution is 0.354. The van der Waals surface area contributed by atoms with Gasteiger partial charge in [-0.05, 0) is 35.7 Å². The minimum Gasteiger partial charge on any atom is -0.493 e. The van der Waals surface area contributed by atoms with Crippen LogP contribution in [-0.2, 0) is 6.54 Å². The highest BCUT2D eigenvalue weighted by Crippen LogP contribution is 2.37. The Bertz CT molecular complexity index is 672. The zero-order chi connectivity index (χ0) is 15.6. The summed E-state index contributed by atoms with van der Waals surface area (Å²) in [4.78, 5) is 0. The molecule has 0 saturated heterocycles. The van der Waals surface area contributed by atoms with Gasteiger partial charge in [-0.15, -0.1) is 0 Å². The van der Waals surface area contributed by atoms with Gasteiger partial charge in [-0.3, -0.25) is 0 Å². The molecule has 2 aromatic carbocycles. The van der Waals surface area contributed by atoms with E-state index in [1.807, 2.05) is 0 Å². The third-order valence-electron chi connectivity index (χ3n) is 3.39. The molecule has 2 N–H and O–H groups in total. The summed E-state index contributed by atoms with van der Waals surface area (Å²) in [5.41, 5.74) is 7.26. The van der Waals surface area contributed by atoms with Crippen LogP contribution >= 0.6 is 0 Å². The molecule has 0 bridgehead atoms. The molecule has 0 radical (unpaired) electrons. The Balaban J connectivity index is 2.71. The zero-order valence-electron chi connectivity index (χ0n) is 12.2. The Kier molecular flexibility index (Phi) is 4.43. The van der Waals surface area contributed by atoms with Gasteiger partial charge in [0.2, 0.25) is 0 Å². The van der Waals surface area contributed by atoms with Crippen molar-refractivity contribution in [3.63, 3.8) is 0 Å². The van der Waals surface area contributed by atoms with Gasteiger partial charge in [0.05, 0.1) is 14.2 Å². The molecule has 2 aromatic rings. The molecule has 0 aliphatic rings. The molecule has 3 nitrogen and oxygen atoms in total. The Morgan fingerprint density at radius 1 is 0.952 bits per heavy atom. The summed E-state index contributed by atoms with van der Waals surface area (Å²) in [5, 5.41) is 0. The second-order valence-corrected chi connectivity index (χ2v) is 4.63. The van der Waals surface area contributed by atoms with Crippen molar-refractivity contribution >= 4 is 0 Å². The lowest BCUT2D eigenvalue weighted by Crippen LogP contribution is -2.03. The molecule has 0 aromatic heterocycles. The fourth-order valence-electron chi connectivity index (χ4n) is 2.19. The first kappa shape index (κ1) is 15.3. The van der Waals surface area contributed by atoms with Gasteiger partial charge < -0.3 is 15.2 Å². The van der Waals surface area contributed by atoms with E-state index in [1.165, 1.54) is 33.3 Å². The monoisotopic (exact) mass is 293 g/mol. The van der Waals surface area contributed by atoms with E-state index in [9.17, 15) is 8.78 Å². The van der Waals surface area contributed by atoms with Crippen LogP contribution in [0.15, 0.2) is 24.3 Å². The number of benzene rings is 2. The summed E-state index contributed by atoms with van der Waals surface area (Å²) in [7, 11) is 2.99. The molecule has 0 aliphatic heterocycles. The van der Waals surface area contributed by atoms with Crippen LogP contribution in [0.5, 0.6) is 11.5 Å². The van der Waals surface area contributed by atoms with Crippen molar-refractivity contribution in [1.29, 1.82) is 0 Å². The van der Waals surface area contributed by atoms with Crippen molar-refractivity contribution in [1.82, 2.24) is 0 Å². The van der Waals surface area contributed by atoms with Gasteiger partial charge in [-0.2, -0.15) is 0 Å². The SMILES string of the molecule is COc1cc(CN)c(-c2ccc(C)c(F)c2F)cc1OC. The molecule has 0 amide bonds. The minimum atomic E-state index is -0.892. The molecule has 0 heterocycles. The highest BCUT2D eigenvalue weighted by Gasteiger charge is 2.17. The van der Waals surface area contributed by atoms with Crippen LogP contribution in [0.2, 0.25) is 0 Å². The maximum Gasteiger partial charge on any atom is 0.166 e. The van der Waals surface area contributed by atoms with Crippen LogP contribution < -0.4 is 15.2 Å². The molecule has 2 rings (SSSR count). The van der Waals surface area contributed by atoms with E-state index >= 15 is 0 Å². The second-order valence-electron chi connectivity index (χ2n) is 4.63. The van der Waals surface area contributed by atoms with Gasteiger partial charge in [0.25, 0.3) is 0 Å². The Morgan fingerprint density at radius 3 is 2.14 bits per heavy atom. The Morgan fingerprint density at radius 2 is 1.57 bits per heavy atom. The Hall–Kier alpha value is -2.14. The molecule has 0 fully saturated rings. The first-order valence-electron chi connectivity index (χ1n) is 6.43. The summed E-state index contributed by atoms with van der Waals surface area (Å²) >= 11 is 0. The third kappa shape index (κ3) is 2.69. The predicted octanol–water partition coefficient (Wildman–Crippen LogP) is 3.42. The van der Waals surface area contributed by atoms with Crippen LogP contribution in [0, 0.1) is 18.6 Å². The lowest BCUT2D eigenvalue weighted by Gasteiger charge is -2.15. The smallest absolute Gasteiger partial charge is 0.166 e. The number of ether oxygens (including phenoxy) is 2. The van der Waals surface area contributed by atoms with E-state index < -0.39 is 11.6 Å². The summed E-state index contributed by atoms with van der Waals surface area (Å²) < 4.78 is 38.4. The van der Waals surface area contributed by atoms with Crippen molar-refractivity contribution < 1.29 is 18.3 Å². The zero-order valence-corrected chi connectivity index (χ0v) is 12.2. The number of halogens is 2. The van der Waals surface area contributed by atoms with Gasteiger partial charge in [0.15, 0.2) is 23.1 Å². The summed E-state index contributed by atoms with van der Waals surface area (Å²) in [5.74, 6) is -0.818. The van der Waals surface area contributed by atoms with Crippen molar-refractivity contribution in [2.75, 3.05) is 14.2 Å². The van der Waals surface area contributed by atoms with Crippen molar-refractivity contribution in [3.05, 3.63) is 47.0 Å². The van der Waals surface area contributed by atoms with E-state index in [1.54, 1.807) is 12.1 Å². The number of nitrogens with two attached hydrogens (primary N) is 1. The maximum absolute atomic E-state index is 14.2. The molecule has 5 heteroatoms. The van der Waals surface area contributed by atoms with Crippen LogP contribution in [0.4, 0.5) is 8.78 Å². The van der Waals surface area contributed by atoms with E-state index in [4.69, 9.17) is 15.2 Å². The van der Waals surface area contributed by atoms with Gasteiger partial charge in [-0.1, -0.05) is 12.1 Å². The summed E-state index contributed by atoms with van der Waals surface area (Å²) in [6.45, 7) is 1.69. The largest absolute Gasteiger partial charge is 0.493 e. The number of aryl methyl sites for hydroxylation is 1. The number of hydrogen-bond donors (Lipinski definition) is 1. The fourth-order valence-corrected chi connectivity index (χ4v) is 2.19.